The number of hydrogen-bond donors (Lipinski definition) is 0. The van der Waals surface area contributed by atoms with Crippen LogP contribution in [-0.4, -0.2) is 10.4 Å². The zero-order valence-corrected chi connectivity index (χ0v) is 9.25. The molecule has 0 aliphatic heterocycles. The average molecular weight is 263 g/mol. The van der Waals surface area contributed by atoms with Gasteiger partial charge in [-0.25, -0.2) is 0 Å². The molecular weight excluding hydrogens is 253 g/mol. The largest absolute Gasteiger partial charge is 0.311 e. The fourth-order valence-electron chi connectivity index (χ4n) is 0.902. The lowest BCUT2D eigenvalue weighted by Crippen LogP contribution is -2.18. The summed E-state index contributed by atoms with van der Waals surface area (Å²) in [5.74, 6) is 0.475. The molecule has 13 heavy (non-hydrogen) atoms. The van der Waals surface area contributed by atoms with Crippen LogP contribution in [0.3, 0.4) is 0 Å². The van der Waals surface area contributed by atoms with Crippen LogP contribution < -0.4 is 5.56 Å². The number of aromatic nitrogens is 1. The van der Waals surface area contributed by atoms with Crippen LogP contribution in [0.4, 0.5) is 0 Å². The molecule has 0 bridgehead atoms. The molecule has 0 aromatic carbocycles. The lowest BCUT2D eigenvalue weighted by Gasteiger charge is -2.00. The van der Waals surface area contributed by atoms with Crippen LogP contribution in [0.2, 0.25) is 0 Å². The van der Waals surface area contributed by atoms with E-state index in [1.165, 1.54) is 0 Å². The molecule has 0 N–H and O–H groups in total. The number of alkyl halides is 1. The first kappa shape index (κ1) is 10.5. The van der Waals surface area contributed by atoms with Gasteiger partial charge < -0.3 is 4.57 Å². The topological polar surface area (TPSA) is 22.0 Å². The van der Waals surface area contributed by atoms with Gasteiger partial charge in [0.15, 0.2) is 0 Å². The molecule has 1 rings (SSSR count). The molecule has 0 aliphatic carbocycles. The van der Waals surface area contributed by atoms with Gasteiger partial charge in [-0.1, -0.05) is 12.2 Å². The van der Waals surface area contributed by atoms with Crippen LogP contribution >= 0.6 is 27.5 Å². The molecule has 4 heteroatoms. The van der Waals surface area contributed by atoms with Crippen LogP contribution in [0, 0.1) is 0 Å². The minimum atomic E-state index is -0.0262. The van der Waals surface area contributed by atoms with Gasteiger partial charge in [0.25, 0.3) is 5.56 Å². The standard InChI is InChI=1S/C9H9BrClNO/c10-8-4-3-7-12(9(8)13)6-2-1-5-11/h1-4,7H,5-6H2/b2-1+. The molecule has 2 nitrogen and oxygen atoms in total. The van der Waals surface area contributed by atoms with Gasteiger partial charge >= 0.3 is 0 Å². The third-order valence-electron chi connectivity index (χ3n) is 1.53. The Balaban J connectivity index is 2.84. The third-order valence-corrected chi connectivity index (χ3v) is 2.31. The van der Waals surface area contributed by atoms with E-state index in [1.54, 1.807) is 16.8 Å². The quantitative estimate of drug-likeness (QED) is 0.606. The summed E-state index contributed by atoms with van der Waals surface area (Å²) in [6.45, 7) is 0.561. The van der Waals surface area contributed by atoms with Gasteiger partial charge in [-0.05, 0) is 28.1 Å². The third kappa shape index (κ3) is 3.01. The number of rotatable bonds is 3. The summed E-state index contributed by atoms with van der Waals surface area (Å²) in [6, 6.07) is 3.55. The lowest BCUT2D eigenvalue weighted by molar-refractivity contribution is 0.773. The summed E-state index contributed by atoms with van der Waals surface area (Å²) in [7, 11) is 0. The first-order valence-corrected chi connectivity index (χ1v) is 5.14. The minimum absolute atomic E-state index is 0.0262. The maximum Gasteiger partial charge on any atom is 0.265 e. The normalized spacial score (nSPS) is 10.9. The lowest BCUT2D eigenvalue weighted by atomic mass is 10.4. The zero-order chi connectivity index (χ0) is 9.68. The Labute approximate surface area is 90.0 Å². The Morgan fingerprint density at radius 3 is 3.00 bits per heavy atom. The van der Waals surface area contributed by atoms with Gasteiger partial charge in [0.2, 0.25) is 0 Å². The average Bonchev–Trinajstić information content (AvgIpc) is 2.13. The molecule has 0 atom stereocenters. The molecule has 0 saturated carbocycles. The van der Waals surface area contributed by atoms with E-state index in [2.05, 4.69) is 15.9 Å². The zero-order valence-electron chi connectivity index (χ0n) is 6.91. The maximum absolute atomic E-state index is 11.4. The molecule has 0 aliphatic rings. The second kappa shape index (κ2) is 5.25. The molecule has 0 unspecified atom stereocenters. The molecule has 0 fully saturated rings. The van der Waals surface area contributed by atoms with E-state index in [4.69, 9.17) is 11.6 Å². The molecule has 0 spiro atoms. The first-order chi connectivity index (χ1) is 6.25. The van der Waals surface area contributed by atoms with Crippen molar-refractivity contribution in [2.75, 3.05) is 5.88 Å². The van der Waals surface area contributed by atoms with Crippen LogP contribution in [-0.2, 0) is 6.54 Å². The Kier molecular flexibility index (Phi) is 4.25. The van der Waals surface area contributed by atoms with Crippen molar-refractivity contribution in [3.8, 4) is 0 Å². The second-order valence-corrected chi connectivity index (χ2v) is 3.60. The van der Waals surface area contributed by atoms with Gasteiger partial charge in [-0.2, -0.15) is 0 Å². The smallest absolute Gasteiger partial charge is 0.265 e. The molecular formula is C9H9BrClNO. The Hall–Kier alpha value is -0.540. The van der Waals surface area contributed by atoms with Gasteiger partial charge in [-0.15, -0.1) is 11.6 Å². The fourth-order valence-corrected chi connectivity index (χ4v) is 1.41. The van der Waals surface area contributed by atoms with Crippen molar-refractivity contribution in [2.24, 2.45) is 0 Å². The highest BCUT2D eigenvalue weighted by Gasteiger charge is 1.96. The van der Waals surface area contributed by atoms with Crippen molar-refractivity contribution in [1.82, 2.24) is 4.57 Å². The summed E-state index contributed by atoms with van der Waals surface area (Å²) in [4.78, 5) is 11.4. The molecule has 70 valence electrons. The number of allylic oxidation sites excluding steroid dienone is 2. The summed E-state index contributed by atoms with van der Waals surface area (Å²) in [5, 5.41) is 0. The fraction of sp³-hybridized carbons (Fsp3) is 0.222. The Bertz CT molecular complexity index is 359. The van der Waals surface area contributed by atoms with Crippen LogP contribution in [0.5, 0.6) is 0 Å². The monoisotopic (exact) mass is 261 g/mol. The van der Waals surface area contributed by atoms with Crippen LogP contribution in [0.1, 0.15) is 0 Å². The van der Waals surface area contributed by atoms with E-state index in [0.29, 0.717) is 16.9 Å². The van der Waals surface area contributed by atoms with E-state index in [1.807, 2.05) is 18.2 Å². The van der Waals surface area contributed by atoms with Gasteiger partial charge in [-0.3, -0.25) is 4.79 Å². The van der Waals surface area contributed by atoms with Crippen LogP contribution in [0.15, 0.2) is 39.7 Å². The first-order valence-electron chi connectivity index (χ1n) is 3.81. The Morgan fingerprint density at radius 2 is 2.31 bits per heavy atom. The number of nitrogens with zero attached hydrogens (tertiary/aromatic N) is 1. The van der Waals surface area contributed by atoms with E-state index in [0.717, 1.165) is 0 Å². The predicted octanol–water partition coefficient (Wildman–Crippen LogP) is 2.41. The van der Waals surface area contributed by atoms with E-state index < -0.39 is 0 Å². The molecule has 1 aromatic heterocycles. The van der Waals surface area contributed by atoms with Crippen molar-refractivity contribution in [3.63, 3.8) is 0 Å². The van der Waals surface area contributed by atoms with Gasteiger partial charge in [0.1, 0.15) is 0 Å². The number of hydrogen-bond acceptors (Lipinski definition) is 1. The van der Waals surface area contributed by atoms with Crippen molar-refractivity contribution in [3.05, 3.63) is 45.3 Å². The van der Waals surface area contributed by atoms with Crippen molar-refractivity contribution < 1.29 is 0 Å². The number of pyridine rings is 1. The summed E-state index contributed by atoms with van der Waals surface area (Å²) in [6.07, 6.45) is 5.42. The number of halogens is 2. The van der Waals surface area contributed by atoms with Gasteiger partial charge in [0, 0.05) is 18.6 Å². The predicted molar refractivity (Wildman–Crippen MR) is 58.3 cm³/mol. The molecule has 0 amide bonds. The molecule has 1 aromatic rings. The van der Waals surface area contributed by atoms with E-state index in [9.17, 15) is 4.79 Å². The minimum Gasteiger partial charge on any atom is -0.311 e. The molecule has 0 radical (unpaired) electrons. The van der Waals surface area contributed by atoms with Crippen molar-refractivity contribution in [1.29, 1.82) is 0 Å². The maximum atomic E-state index is 11.4. The Morgan fingerprint density at radius 1 is 1.54 bits per heavy atom. The molecule has 1 heterocycles. The summed E-state index contributed by atoms with van der Waals surface area (Å²) < 4.78 is 2.18. The second-order valence-electron chi connectivity index (χ2n) is 2.44. The van der Waals surface area contributed by atoms with E-state index >= 15 is 0 Å². The highest BCUT2D eigenvalue weighted by Crippen LogP contribution is 2.00. The van der Waals surface area contributed by atoms with Gasteiger partial charge in [0.05, 0.1) is 4.47 Å². The molecule has 0 saturated heterocycles. The highest BCUT2D eigenvalue weighted by molar-refractivity contribution is 9.10. The van der Waals surface area contributed by atoms with Crippen molar-refractivity contribution >= 4 is 27.5 Å². The van der Waals surface area contributed by atoms with Crippen LogP contribution in [0.25, 0.3) is 0 Å². The highest BCUT2D eigenvalue weighted by atomic mass is 79.9. The summed E-state index contributed by atoms with van der Waals surface area (Å²) in [5.41, 5.74) is -0.0262. The van der Waals surface area contributed by atoms with E-state index in [-0.39, 0.29) is 5.56 Å². The van der Waals surface area contributed by atoms with Crippen molar-refractivity contribution in [2.45, 2.75) is 6.54 Å². The SMILES string of the molecule is O=c1c(Br)cccn1C/C=C/CCl. The summed E-state index contributed by atoms with van der Waals surface area (Å²) >= 11 is 8.63.